The molecule has 25 heavy (non-hydrogen) atoms. The summed E-state index contributed by atoms with van der Waals surface area (Å²) in [5, 5.41) is 0. The SMILES string of the molecule is CCOC(=O)[C@@H]1CCCN(C(=O)CN2C(=O)COc3ccccc32)C1. The highest BCUT2D eigenvalue weighted by Crippen LogP contribution is 2.31. The van der Waals surface area contributed by atoms with E-state index in [9.17, 15) is 14.4 Å². The first kappa shape index (κ1) is 17.3. The molecule has 2 aliphatic heterocycles. The van der Waals surface area contributed by atoms with Crippen LogP contribution in [0.1, 0.15) is 19.8 Å². The molecule has 2 aliphatic rings. The van der Waals surface area contributed by atoms with E-state index in [4.69, 9.17) is 9.47 Å². The van der Waals surface area contributed by atoms with E-state index in [0.717, 1.165) is 12.8 Å². The maximum absolute atomic E-state index is 12.7. The van der Waals surface area contributed by atoms with Gasteiger partial charge in [-0.25, -0.2) is 0 Å². The quantitative estimate of drug-likeness (QED) is 0.766. The molecule has 2 amide bonds. The molecular formula is C18H22N2O5. The molecule has 1 saturated heterocycles. The van der Waals surface area contributed by atoms with Crippen LogP contribution in [0.4, 0.5) is 5.69 Å². The number of hydrogen-bond donors (Lipinski definition) is 0. The van der Waals surface area contributed by atoms with Crippen LogP contribution in [0.15, 0.2) is 24.3 Å². The van der Waals surface area contributed by atoms with E-state index in [-0.39, 0.29) is 36.9 Å². The number of carbonyl (C=O) groups is 3. The summed E-state index contributed by atoms with van der Waals surface area (Å²) < 4.78 is 10.5. The summed E-state index contributed by atoms with van der Waals surface area (Å²) in [7, 11) is 0. The Bertz CT molecular complexity index is 675. The minimum atomic E-state index is -0.287. The minimum Gasteiger partial charge on any atom is -0.482 e. The molecule has 2 heterocycles. The normalized spacial score (nSPS) is 19.9. The van der Waals surface area contributed by atoms with E-state index in [1.165, 1.54) is 4.90 Å². The van der Waals surface area contributed by atoms with Crippen molar-refractivity contribution in [2.24, 2.45) is 5.92 Å². The molecule has 0 unspecified atom stereocenters. The summed E-state index contributed by atoms with van der Waals surface area (Å²) in [4.78, 5) is 39.9. The van der Waals surface area contributed by atoms with Crippen molar-refractivity contribution in [2.45, 2.75) is 19.8 Å². The maximum Gasteiger partial charge on any atom is 0.310 e. The van der Waals surface area contributed by atoms with Crippen molar-refractivity contribution >= 4 is 23.5 Å². The fourth-order valence-corrected chi connectivity index (χ4v) is 3.22. The van der Waals surface area contributed by atoms with Gasteiger partial charge in [-0.1, -0.05) is 12.1 Å². The van der Waals surface area contributed by atoms with Gasteiger partial charge in [0, 0.05) is 13.1 Å². The van der Waals surface area contributed by atoms with Gasteiger partial charge in [0.05, 0.1) is 18.2 Å². The summed E-state index contributed by atoms with van der Waals surface area (Å²) in [6, 6.07) is 7.16. The first-order chi connectivity index (χ1) is 12.1. The summed E-state index contributed by atoms with van der Waals surface area (Å²) >= 11 is 0. The highest BCUT2D eigenvalue weighted by molar-refractivity contribution is 6.02. The number of carbonyl (C=O) groups excluding carboxylic acids is 3. The zero-order valence-electron chi connectivity index (χ0n) is 14.3. The molecule has 0 saturated carbocycles. The van der Waals surface area contributed by atoms with Crippen molar-refractivity contribution in [2.75, 3.05) is 37.7 Å². The monoisotopic (exact) mass is 346 g/mol. The van der Waals surface area contributed by atoms with E-state index in [1.807, 2.05) is 6.07 Å². The molecule has 0 radical (unpaired) electrons. The predicted molar refractivity (Wildman–Crippen MR) is 90.2 cm³/mol. The predicted octanol–water partition coefficient (Wildman–Crippen LogP) is 1.21. The zero-order chi connectivity index (χ0) is 17.8. The number of esters is 1. The molecule has 0 N–H and O–H groups in total. The maximum atomic E-state index is 12.7. The van der Waals surface area contributed by atoms with Crippen LogP contribution in [0.25, 0.3) is 0 Å². The molecule has 0 aliphatic carbocycles. The average molecular weight is 346 g/mol. The van der Waals surface area contributed by atoms with E-state index in [0.29, 0.717) is 31.1 Å². The number of para-hydroxylation sites is 2. The fourth-order valence-electron chi connectivity index (χ4n) is 3.22. The average Bonchev–Trinajstić information content (AvgIpc) is 2.64. The molecule has 7 nitrogen and oxygen atoms in total. The molecule has 0 spiro atoms. The number of hydrogen-bond acceptors (Lipinski definition) is 5. The van der Waals surface area contributed by atoms with E-state index in [2.05, 4.69) is 0 Å². The molecule has 1 aromatic carbocycles. The molecule has 0 aromatic heterocycles. The molecule has 1 atom stereocenters. The van der Waals surface area contributed by atoms with Gasteiger partial charge in [-0.3, -0.25) is 19.3 Å². The molecule has 1 aromatic rings. The Labute approximate surface area is 146 Å². The van der Waals surface area contributed by atoms with Gasteiger partial charge in [-0.05, 0) is 31.9 Å². The molecule has 3 rings (SSSR count). The van der Waals surface area contributed by atoms with Gasteiger partial charge in [0.15, 0.2) is 6.61 Å². The van der Waals surface area contributed by atoms with E-state index >= 15 is 0 Å². The van der Waals surface area contributed by atoms with Crippen molar-refractivity contribution in [3.8, 4) is 5.75 Å². The number of anilines is 1. The van der Waals surface area contributed by atoms with Gasteiger partial charge >= 0.3 is 5.97 Å². The Morgan fingerprint density at radius 1 is 1.32 bits per heavy atom. The second kappa shape index (κ2) is 7.55. The number of ether oxygens (including phenoxy) is 2. The molecule has 0 bridgehead atoms. The third kappa shape index (κ3) is 3.75. The largest absolute Gasteiger partial charge is 0.482 e. The van der Waals surface area contributed by atoms with Gasteiger partial charge in [-0.2, -0.15) is 0 Å². The highest BCUT2D eigenvalue weighted by atomic mass is 16.5. The van der Waals surface area contributed by atoms with Crippen molar-refractivity contribution in [1.29, 1.82) is 0 Å². The van der Waals surface area contributed by atoms with Crippen LogP contribution in [0, 0.1) is 5.92 Å². The van der Waals surface area contributed by atoms with Crippen LogP contribution in [0.3, 0.4) is 0 Å². The molecule has 7 heteroatoms. The van der Waals surface area contributed by atoms with Crippen LogP contribution < -0.4 is 9.64 Å². The van der Waals surface area contributed by atoms with Crippen LogP contribution in [-0.2, 0) is 19.1 Å². The van der Waals surface area contributed by atoms with Gasteiger partial charge in [-0.15, -0.1) is 0 Å². The van der Waals surface area contributed by atoms with Gasteiger partial charge in [0.2, 0.25) is 5.91 Å². The van der Waals surface area contributed by atoms with Crippen LogP contribution >= 0.6 is 0 Å². The lowest BCUT2D eigenvalue weighted by atomic mass is 9.98. The number of likely N-dealkylation sites (tertiary alicyclic amines) is 1. The number of nitrogens with zero attached hydrogens (tertiary/aromatic N) is 2. The molecule has 1 fully saturated rings. The lowest BCUT2D eigenvalue weighted by Gasteiger charge is -2.34. The standard InChI is InChI=1S/C18H22N2O5/c1-2-24-18(23)13-6-5-9-19(10-13)16(21)11-20-14-7-3-4-8-15(14)25-12-17(20)22/h3-4,7-8,13H,2,5-6,9-12H2,1H3/t13-/m1/s1. The Kier molecular flexibility index (Phi) is 5.21. The van der Waals surface area contributed by atoms with Crippen molar-refractivity contribution in [3.63, 3.8) is 0 Å². The highest BCUT2D eigenvalue weighted by Gasteiger charge is 2.32. The first-order valence-electron chi connectivity index (χ1n) is 8.56. The Morgan fingerprint density at radius 3 is 2.92 bits per heavy atom. The summed E-state index contributed by atoms with van der Waals surface area (Å²) in [5.41, 5.74) is 0.603. The Morgan fingerprint density at radius 2 is 2.12 bits per heavy atom. The number of rotatable bonds is 4. The van der Waals surface area contributed by atoms with Crippen LogP contribution in [0.2, 0.25) is 0 Å². The third-order valence-corrected chi connectivity index (χ3v) is 4.50. The molecule has 134 valence electrons. The molecular weight excluding hydrogens is 324 g/mol. The minimum absolute atomic E-state index is 0.0469. The van der Waals surface area contributed by atoms with Crippen molar-refractivity contribution < 1.29 is 23.9 Å². The number of piperidine rings is 1. The Hall–Kier alpha value is -2.57. The number of fused-ring (bicyclic) bond motifs is 1. The first-order valence-corrected chi connectivity index (χ1v) is 8.56. The topological polar surface area (TPSA) is 76.2 Å². The fraction of sp³-hybridized carbons (Fsp3) is 0.500. The second-order valence-electron chi connectivity index (χ2n) is 6.17. The van der Waals surface area contributed by atoms with Gasteiger partial charge in [0.1, 0.15) is 12.3 Å². The van der Waals surface area contributed by atoms with Crippen LogP contribution in [-0.4, -0.2) is 55.5 Å². The van der Waals surface area contributed by atoms with Crippen molar-refractivity contribution in [1.82, 2.24) is 4.90 Å². The number of amides is 2. The number of benzene rings is 1. The smallest absolute Gasteiger partial charge is 0.310 e. The zero-order valence-corrected chi connectivity index (χ0v) is 14.3. The lowest BCUT2D eigenvalue weighted by molar-refractivity contribution is -0.151. The summed E-state index contributed by atoms with van der Waals surface area (Å²) in [6.45, 7) is 2.92. The summed E-state index contributed by atoms with van der Waals surface area (Å²) in [6.07, 6.45) is 1.48. The van der Waals surface area contributed by atoms with E-state index in [1.54, 1.807) is 30.0 Å². The van der Waals surface area contributed by atoms with Crippen molar-refractivity contribution in [3.05, 3.63) is 24.3 Å². The third-order valence-electron chi connectivity index (χ3n) is 4.50. The lowest BCUT2D eigenvalue weighted by Crippen LogP contribution is -2.49. The van der Waals surface area contributed by atoms with Gasteiger partial charge < -0.3 is 14.4 Å². The second-order valence-corrected chi connectivity index (χ2v) is 6.17. The summed E-state index contributed by atoms with van der Waals surface area (Å²) in [5.74, 6) is -0.360. The van der Waals surface area contributed by atoms with Gasteiger partial charge in [0.25, 0.3) is 5.91 Å². The van der Waals surface area contributed by atoms with Crippen LogP contribution in [0.5, 0.6) is 5.75 Å². The van der Waals surface area contributed by atoms with E-state index < -0.39 is 0 Å². The Balaban J connectivity index is 1.68.